The van der Waals surface area contributed by atoms with Crippen LogP contribution >= 0.6 is 15.9 Å². The van der Waals surface area contributed by atoms with E-state index in [4.69, 9.17) is 0 Å². The lowest BCUT2D eigenvalue weighted by atomic mass is 9.98. The summed E-state index contributed by atoms with van der Waals surface area (Å²) in [5.74, 6) is -0.923. The minimum absolute atomic E-state index is 0.103. The van der Waals surface area contributed by atoms with Crippen molar-refractivity contribution in [2.75, 3.05) is 0 Å². The maximum atomic E-state index is 14.6. The van der Waals surface area contributed by atoms with Gasteiger partial charge in [0.05, 0.1) is 6.04 Å². The first-order valence-corrected chi connectivity index (χ1v) is 9.68. The van der Waals surface area contributed by atoms with E-state index >= 15 is 0 Å². The average Bonchev–Trinajstić information content (AvgIpc) is 2.69. The van der Waals surface area contributed by atoms with Crippen LogP contribution in [-0.2, 0) is 6.54 Å². The standard InChI is InChI=1S/C21H19BrFN3O2/c1-2-12-26-19(27)11-10-18(25-26)21(28)24-20(14-6-4-3-5-7-14)16-9-8-15(22)13-17(16)23/h3-11,13,20H,2,12H2,1H3,(H,24,28). The summed E-state index contributed by atoms with van der Waals surface area (Å²) in [6, 6.07) is 15.8. The highest BCUT2D eigenvalue weighted by atomic mass is 79.9. The maximum Gasteiger partial charge on any atom is 0.272 e. The van der Waals surface area contributed by atoms with Crippen LogP contribution in [0.1, 0.15) is 41.0 Å². The zero-order valence-electron chi connectivity index (χ0n) is 15.2. The molecule has 144 valence electrons. The molecule has 3 aromatic rings. The Bertz CT molecular complexity index is 1040. The molecule has 3 rings (SSSR count). The zero-order valence-corrected chi connectivity index (χ0v) is 16.8. The number of carbonyl (C=O) groups excluding carboxylic acids is 1. The number of nitrogens with zero attached hydrogens (tertiary/aromatic N) is 2. The van der Waals surface area contributed by atoms with Crippen molar-refractivity contribution in [2.24, 2.45) is 0 Å². The van der Waals surface area contributed by atoms with E-state index in [0.717, 1.165) is 5.56 Å². The molecule has 1 heterocycles. The quantitative estimate of drug-likeness (QED) is 0.624. The SMILES string of the molecule is CCCn1nc(C(=O)NC(c2ccccc2)c2ccc(Br)cc2F)ccc1=O. The van der Waals surface area contributed by atoms with E-state index in [-0.39, 0.29) is 11.3 Å². The molecule has 1 amide bonds. The molecule has 1 unspecified atom stereocenters. The van der Waals surface area contributed by atoms with Crippen molar-refractivity contribution in [3.63, 3.8) is 0 Å². The summed E-state index contributed by atoms with van der Waals surface area (Å²) in [5.41, 5.74) is 0.909. The highest BCUT2D eigenvalue weighted by Gasteiger charge is 2.22. The van der Waals surface area contributed by atoms with Crippen LogP contribution in [0.5, 0.6) is 0 Å². The van der Waals surface area contributed by atoms with Crippen molar-refractivity contribution in [3.05, 3.63) is 98.1 Å². The monoisotopic (exact) mass is 443 g/mol. The van der Waals surface area contributed by atoms with E-state index in [0.29, 0.717) is 23.0 Å². The lowest BCUT2D eigenvalue weighted by Gasteiger charge is -2.20. The predicted octanol–water partition coefficient (Wildman–Crippen LogP) is 4.07. The number of rotatable bonds is 6. The number of aryl methyl sites for hydroxylation is 1. The first-order valence-electron chi connectivity index (χ1n) is 8.88. The van der Waals surface area contributed by atoms with Crippen LogP contribution < -0.4 is 10.9 Å². The van der Waals surface area contributed by atoms with Crippen LogP contribution in [0.3, 0.4) is 0 Å². The number of halogens is 2. The molecular weight excluding hydrogens is 425 g/mol. The molecule has 0 aliphatic heterocycles. The first-order chi connectivity index (χ1) is 13.5. The molecule has 0 saturated heterocycles. The molecule has 0 bridgehead atoms. The van der Waals surface area contributed by atoms with Gasteiger partial charge in [0.25, 0.3) is 11.5 Å². The summed E-state index contributed by atoms with van der Waals surface area (Å²) in [6.07, 6.45) is 0.717. The van der Waals surface area contributed by atoms with Gasteiger partial charge in [0.15, 0.2) is 0 Å². The van der Waals surface area contributed by atoms with E-state index < -0.39 is 17.8 Å². The molecule has 28 heavy (non-hydrogen) atoms. The Morgan fingerprint density at radius 2 is 1.93 bits per heavy atom. The van der Waals surface area contributed by atoms with Gasteiger partial charge in [-0.25, -0.2) is 9.07 Å². The molecule has 0 fully saturated rings. The first kappa shape index (κ1) is 19.9. The topological polar surface area (TPSA) is 64.0 Å². The average molecular weight is 444 g/mol. The fourth-order valence-electron chi connectivity index (χ4n) is 2.87. The fraction of sp³-hybridized carbons (Fsp3) is 0.190. The lowest BCUT2D eigenvalue weighted by molar-refractivity contribution is 0.0935. The second-order valence-corrected chi connectivity index (χ2v) is 7.18. The summed E-state index contributed by atoms with van der Waals surface area (Å²) < 4.78 is 16.5. The molecule has 1 atom stereocenters. The number of nitrogens with one attached hydrogen (secondary N) is 1. The van der Waals surface area contributed by atoms with Gasteiger partial charge in [-0.2, -0.15) is 5.10 Å². The van der Waals surface area contributed by atoms with E-state index in [2.05, 4.69) is 26.3 Å². The molecule has 1 N–H and O–H groups in total. The van der Waals surface area contributed by atoms with Crippen LogP contribution in [0.15, 0.2) is 69.9 Å². The van der Waals surface area contributed by atoms with Gasteiger partial charge >= 0.3 is 0 Å². The van der Waals surface area contributed by atoms with Crippen LogP contribution in [0.2, 0.25) is 0 Å². The second kappa shape index (κ2) is 8.93. The maximum absolute atomic E-state index is 14.6. The summed E-state index contributed by atoms with van der Waals surface area (Å²) in [7, 11) is 0. The van der Waals surface area contributed by atoms with E-state index in [1.54, 1.807) is 12.1 Å². The lowest BCUT2D eigenvalue weighted by Crippen LogP contribution is -2.33. The van der Waals surface area contributed by atoms with Crippen molar-refractivity contribution >= 4 is 21.8 Å². The summed E-state index contributed by atoms with van der Waals surface area (Å²) in [4.78, 5) is 24.7. The van der Waals surface area contributed by atoms with Crippen LogP contribution in [0, 0.1) is 5.82 Å². The predicted molar refractivity (Wildman–Crippen MR) is 109 cm³/mol. The second-order valence-electron chi connectivity index (χ2n) is 6.26. The van der Waals surface area contributed by atoms with Gasteiger partial charge in [-0.05, 0) is 30.2 Å². The minimum Gasteiger partial charge on any atom is -0.340 e. The summed E-state index contributed by atoms with van der Waals surface area (Å²) >= 11 is 3.25. The Hall–Kier alpha value is -2.80. The Balaban J connectivity index is 1.97. The highest BCUT2D eigenvalue weighted by molar-refractivity contribution is 9.10. The summed E-state index contributed by atoms with van der Waals surface area (Å²) in [6.45, 7) is 2.34. The molecule has 1 aromatic heterocycles. The molecule has 2 aromatic carbocycles. The third-order valence-corrected chi connectivity index (χ3v) is 4.71. The third-order valence-electron chi connectivity index (χ3n) is 4.22. The van der Waals surface area contributed by atoms with E-state index in [1.165, 1.54) is 22.9 Å². The van der Waals surface area contributed by atoms with E-state index in [1.807, 2.05) is 37.3 Å². The largest absolute Gasteiger partial charge is 0.340 e. The smallest absolute Gasteiger partial charge is 0.272 e. The number of hydrogen-bond acceptors (Lipinski definition) is 3. The van der Waals surface area contributed by atoms with Gasteiger partial charge in [-0.15, -0.1) is 0 Å². The molecule has 0 aliphatic rings. The summed E-state index contributed by atoms with van der Waals surface area (Å²) in [5, 5.41) is 6.97. The van der Waals surface area contributed by atoms with Crippen molar-refractivity contribution in [1.29, 1.82) is 0 Å². The fourth-order valence-corrected chi connectivity index (χ4v) is 3.20. The molecular formula is C21H19BrFN3O2. The number of aromatic nitrogens is 2. The van der Waals surface area contributed by atoms with Gasteiger partial charge in [-0.3, -0.25) is 9.59 Å². The normalized spacial score (nSPS) is 11.8. The van der Waals surface area contributed by atoms with Crippen molar-refractivity contribution < 1.29 is 9.18 Å². The number of hydrogen-bond donors (Lipinski definition) is 1. The molecule has 7 heteroatoms. The number of carbonyl (C=O) groups is 1. The van der Waals surface area contributed by atoms with Gasteiger partial charge in [0, 0.05) is 22.6 Å². The van der Waals surface area contributed by atoms with Gasteiger partial charge < -0.3 is 5.32 Å². The molecule has 0 aliphatic carbocycles. The van der Waals surface area contributed by atoms with Gasteiger partial charge in [0.1, 0.15) is 11.5 Å². The Kier molecular flexibility index (Phi) is 6.36. The molecule has 0 saturated carbocycles. The van der Waals surface area contributed by atoms with E-state index in [9.17, 15) is 14.0 Å². The van der Waals surface area contributed by atoms with Gasteiger partial charge in [0.2, 0.25) is 0 Å². The van der Waals surface area contributed by atoms with Gasteiger partial charge in [-0.1, -0.05) is 59.3 Å². The number of benzene rings is 2. The Morgan fingerprint density at radius 1 is 1.18 bits per heavy atom. The van der Waals surface area contributed by atoms with Crippen LogP contribution in [-0.4, -0.2) is 15.7 Å². The highest BCUT2D eigenvalue weighted by Crippen LogP contribution is 2.27. The molecule has 5 nitrogen and oxygen atoms in total. The van der Waals surface area contributed by atoms with Crippen molar-refractivity contribution in [2.45, 2.75) is 25.9 Å². The Morgan fingerprint density at radius 3 is 2.61 bits per heavy atom. The minimum atomic E-state index is -0.699. The molecule has 0 spiro atoms. The zero-order chi connectivity index (χ0) is 20.1. The Labute approximate surface area is 170 Å². The van der Waals surface area contributed by atoms with Crippen LogP contribution in [0.25, 0.3) is 0 Å². The van der Waals surface area contributed by atoms with Crippen molar-refractivity contribution in [3.8, 4) is 0 Å². The van der Waals surface area contributed by atoms with Crippen LogP contribution in [0.4, 0.5) is 4.39 Å². The van der Waals surface area contributed by atoms with Crippen molar-refractivity contribution in [1.82, 2.24) is 15.1 Å². The number of amides is 1. The third kappa shape index (κ3) is 4.54. The molecule has 0 radical (unpaired) electrons.